The van der Waals surface area contributed by atoms with Gasteiger partial charge in [-0.05, 0) is 37.2 Å². The minimum atomic E-state index is -0.780. The minimum Gasteiger partial charge on any atom is -0.481 e. The van der Waals surface area contributed by atoms with Crippen LogP contribution in [0.4, 0.5) is 4.79 Å². The summed E-state index contributed by atoms with van der Waals surface area (Å²) in [6.07, 6.45) is 1.92. The maximum absolute atomic E-state index is 12.0. The van der Waals surface area contributed by atoms with Gasteiger partial charge in [-0.3, -0.25) is 4.79 Å². The topological polar surface area (TPSA) is 69.6 Å². The van der Waals surface area contributed by atoms with E-state index in [-0.39, 0.29) is 24.4 Å². The molecule has 2 amide bonds. The molecule has 0 aromatic heterocycles. The zero-order valence-corrected chi connectivity index (χ0v) is 12.5. The summed E-state index contributed by atoms with van der Waals surface area (Å²) in [5, 5.41) is 11.7. The molecule has 1 aliphatic heterocycles. The van der Waals surface area contributed by atoms with Gasteiger partial charge in [0.2, 0.25) is 0 Å². The van der Waals surface area contributed by atoms with E-state index in [4.69, 9.17) is 5.11 Å². The Hall–Kier alpha value is -0.910. The van der Waals surface area contributed by atoms with Gasteiger partial charge in [-0.15, -0.1) is 0 Å². The van der Waals surface area contributed by atoms with Crippen LogP contribution in [-0.4, -0.2) is 52.6 Å². The van der Waals surface area contributed by atoms with Crippen LogP contribution in [0.2, 0.25) is 0 Å². The van der Waals surface area contributed by atoms with E-state index in [2.05, 4.69) is 12.2 Å². The van der Waals surface area contributed by atoms with Crippen molar-refractivity contribution in [3.63, 3.8) is 0 Å². The summed E-state index contributed by atoms with van der Waals surface area (Å²) < 4.78 is 0. The molecule has 0 aliphatic carbocycles. The summed E-state index contributed by atoms with van der Waals surface area (Å²) >= 11 is 1.87. The average molecular weight is 288 g/mol. The third-order valence-electron chi connectivity index (χ3n) is 3.31. The second kappa shape index (κ2) is 8.30. The standard InChI is InChI=1S/C13H24N2O3S/c1-3-19-7-5-10(2)14-13(18)15-6-4-11(9-15)8-12(16)17/h10-11H,3-9H2,1-2H3,(H,14,18)(H,16,17). The first-order valence-corrected chi connectivity index (χ1v) is 8.03. The fraction of sp³-hybridized carbons (Fsp3) is 0.846. The van der Waals surface area contributed by atoms with Crippen LogP contribution in [0.15, 0.2) is 0 Å². The van der Waals surface area contributed by atoms with E-state index < -0.39 is 5.97 Å². The number of urea groups is 1. The summed E-state index contributed by atoms with van der Waals surface area (Å²) in [4.78, 5) is 24.3. The molecule has 6 heteroatoms. The fourth-order valence-corrected chi connectivity index (χ4v) is 3.02. The smallest absolute Gasteiger partial charge is 0.317 e. The zero-order chi connectivity index (χ0) is 14.3. The monoisotopic (exact) mass is 288 g/mol. The van der Waals surface area contributed by atoms with Crippen LogP contribution in [-0.2, 0) is 4.79 Å². The molecule has 0 bridgehead atoms. The molecule has 2 unspecified atom stereocenters. The summed E-state index contributed by atoms with van der Waals surface area (Å²) in [7, 11) is 0. The molecular formula is C13H24N2O3S. The van der Waals surface area contributed by atoms with Gasteiger partial charge in [-0.25, -0.2) is 4.79 Å². The Labute approximate surface area is 119 Å². The average Bonchev–Trinajstić information content (AvgIpc) is 2.77. The third-order valence-corrected chi connectivity index (χ3v) is 4.24. The highest BCUT2D eigenvalue weighted by molar-refractivity contribution is 7.99. The highest BCUT2D eigenvalue weighted by Gasteiger charge is 2.28. The van der Waals surface area contributed by atoms with E-state index in [0.29, 0.717) is 13.1 Å². The molecule has 0 spiro atoms. The molecule has 1 saturated heterocycles. The normalized spacial score (nSPS) is 20.3. The van der Waals surface area contributed by atoms with Gasteiger partial charge in [-0.2, -0.15) is 11.8 Å². The van der Waals surface area contributed by atoms with Crippen molar-refractivity contribution >= 4 is 23.8 Å². The number of likely N-dealkylation sites (tertiary alicyclic amines) is 1. The Kier molecular flexibility index (Phi) is 7.05. The molecule has 0 radical (unpaired) electrons. The summed E-state index contributed by atoms with van der Waals surface area (Å²) in [6, 6.07) is 0.118. The van der Waals surface area contributed by atoms with Crippen LogP contribution in [0.3, 0.4) is 0 Å². The van der Waals surface area contributed by atoms with E-state index in [1.165, 1.54) is 0 Å². The Balaban J connectivity index is 2.25. The summed E-state index contributed by atoms with van der Waals surface area (Å²) in [6.45, 7) is 5.37. The molecule has 0 aromatic rings. The maximum atomic E-state index is 12.0. The van der Waals surface area contributed by atoms with Crippen molar-refractivity contribution in [2.24, 2.45) is 5.92 Å². The van der Waals surface area contributed by atoms with Gasteiger partial charge >= 0.3 is 12.0 Å². The molecule has 0 saturated carbocycles. The summed E-state index contributed by atoms with van der Waals surface area (Å²) in [5.74, 6) is 1.48. The van der Waals surface area contributed by atoms with Crippen molar-refractivity contribution in [2.75, 3.05) is 24.6 Å². The number of thioether (sulfide) groups is 1. The Morgan fingerprint density at radius 2 is 2.26 bits per heavy atom. The van der Waals surface area contributed by atoms with Crippen molar-refractivity contribution in [2.45, 2.75) is 39.2 Å². The molecule has 0 aromatic carbocycles. The number of amides is 2. The number of hydrogen-bond acceptors (Lipinski definition) is 3. The molecule has 110 valence electrons. The highest BCUT2D eigenvalue weighted by atomic mass is 32.2. The number of aliphatic carboxylic acids is 1. The van der Waals surface area contributed by atoms with Crippen molar-refractivity contribution in [1.29, 1.82) is 0 Å². The van der Waals surface area contributed by atoms with Gasteiger partial charge in [0.1, 0.15) is 0 Å². The maximum Gasteiger partial charge on any atom is 0.317 e. The number of rotatable bonds is 7. The number of nitrogens with zero attached hydrogens (tertiary/aromatic N) is 1. The lowest BCUT2D eigenvalue weighted by Gasteiger charge is -2.20. The van der Waals surface area contributed by atoms with Crippen LogP contribution in [0.1, 0.15) is 33.1 Å². The number of carbonyl (C=O) groups excluding carboxylic acids is 1. The van der Waals surface area contributed by atoms with Crippen LogP contribution in [0, 0.1) is 5.92 Å². The number of carboxylic acid groups (broad SMARTS) is 1. The van der Waals surface area contributed by atoms with Gasteiger partial charge in [0.25, 0.3) is 0 Å². The fourth-order valence-electron chi connectivity index (χ4n) is 2.21. The molecule has 1 heterocycles. The lowest BCUT2D eigenvalue weighted by Crippen LogP contribution is -2.43. The third kappa shape index (κ3) is 6.18. The van der Waals surface area contributed by atoms with E-state index >= 15 is 0 Å². The SMILES string of the molecule is CCSCCC(C)NC(=O)N1CCC(CC(=O)O)C1. The van der Waals surface area contributed by atoms with E-state index in [1.54, 1.807) is 4.90 Å². The van der Waals surface area contributed by atoms with Gasteiger partial charge in [-0.1, -0.05) is 6.92 Å². The quantitative estimate of drug-likeness (QED) is 0.703. The Morgan fingerprint density at radius 3 is 2.89 bits per heavy atom. The van der Waals surface area contributed by atoms with Crippen LogP contribution >= 0.6 is 11.8 Å². The van der Waals surface area contributed by atoms with Crippen LogP contribution < -0.4 is 5.32 Å². The summed E-state index contributed by atoms with van der Waals surface area (Å²) in [5.41, 5.74) is 0. The minimum absolute atomic E-state index is 0.0538. The molecule has 2 N–H and O–H groups in total. The lowest BCUT2D eigenvalue weighted by atomic mass is 10.1. The highest BCUT2D eigenvalue weighted by Crippen LogP contribution is 2.19. The second-order valence-electron chi connectivity index (χ2n) is 5.03. The van der Waals surface area contributed by atoms with E-state index in [9.17, 15) is 9.59 Å². The Bertz CT molecular complexity index is 312. The van der Waals surface area contributed by atoms with Crippen molar-refractivity contribution < 1.29 is 14.7 Å². The van der Waals surface area contributed by atoms with Crippen molar-refractivity contribution in [1.82, 2.24) is 10.2 Å². The number of carbonyl (C=O) groups is 2. The first-order chi connectivity index (χ1) is 9.02. The lowest BCUT2D eigenvalue weighted by molar-refractivity contribution is -0.138. The molecule has 2 atom stereocenters. The first-order valence-electron chi connectivity index (χ1n) is 6.87. The molecular weight excluding hydrogens is 264 g/mol. The van der Waals surface area contributed by atoms with E-state index in [0.717, 1.165) is 24.3 Å². The second-order valence-corrected chi connectivity index (χ2v) is 6.43. The molecule has 1 fully saturated rings. The van der Waals surface area contributed by atoms with Gasteiger partial charge in [0.05, 0.1) is 0 Å². The van der Waals surface area contributed by atoms with Crippen LogP contribution in [0.25, 0.3) is 0 Å². The Morgan fingerprint density at radius 1 is 1.53 bits per heavy atom. The zero-order valence-electron chi connectivity index (χ0n) is 11.7. The predicted octanol–water partition coefficient (Wildman–Crippen LogP) is 2.02. The molecule has 1 rings (SSSR count). The van der Waals surface area contributed by atoms with E-state index in [1.807, 2.05) is 18.7 Å². The number of carboxylic acids is 1. The predicted molar refractivity (Wildman–Crippen MR) is 77.5 cm³/mol. The number of hydrogen-bond donors (Lipinski definition) is 2. The van der Waals surface area contributed by atoms with Gasteiger partial charge < -0.3 is 15.3 Å². The van der Waals surface area contributed by atoms with Crippen molar-refractivity contribution in [3.05, 3.63) is 0 Å². The largest absolute Gasteiger partial charge is 0.481 e. The first kappa shape index (κ1) is 16.1. The molecule has 19 heavy (non-hydrogen) atoms. The molecule has 1 aliphatic rings. The van der Waals surface area contributed by atoms with Gasteiger partial charge in [0, 0.05) is 25.6 Å². The molecule has 5 nitrogen and oxygen atoms in total. The van der Waals surface area contributed by atoms with Crippen molar-refractivity contribution in [3.8, 4) is 0 Å². The van der Waals surface area contributed by atoms with Crippen LogP contribution in [0.5, 0.6) is 0 Å². The van der Waals surface area contributed by atoms with Gasteiger partial charge in [0.15, 0.2) is 0 Å². The number of nitrogens with one attached hydrogen (secondary N) is 1.